The monoisotopic (exact) mass is 368 g/mol. The summed E-state index contributed by atoms with van der Waals surface area (Å²) in [7, 11) is 1.65. The van der Waals surface area contributed by atoms with Crippen LogP contribution in [0.15, 0.2) is 29.3 Å². The average molecular weight is 369 g/mol. The van der Waals surface area contributed by atoms with Crippen molar-refractivity contribution < 1.29 is 9.53 Å². The van der Waals surface area contributed by atoms with Gasteiger partial charge in [-0.15, -0.1) is 12.4 Å². The van der Waals surface area contributed by atoms with Crippen molar-refractivity contribution in [3.05, 3.63) is 40.4 Å². The van der Waals surface area contributed by atoms with Crippen molar-refractivity contribution in [2.75, 3.05) is 33.4 Å². The SMILES string of the molecule is COCCNCCNC(=O)CCn1cnc2c(C)cccc2c1=O.Cl. The first kappa shape index (κ1) is 21.1. The first-order valence-corrected chi connectivity index (χ1v) is 8.04. The van der Waals surface area contributed by atoms with Gasteiger partial charge in [0.15, 0.2) is 0 Å². The molecule has 138 valence electrons. The number of hydrogen-bond acceptors (Lipinski definition) is 5. The summed E-state index contributed by atoms with van der Waals surface area (Å²) in [4.78, 5) is 28.6. The molecule has 0 bridgehead atoms. The molecule has 0 fully saturated rings. The molecule has 1 aromatic heterocycles. The quantitative estimate of drug-likeness (QED) is 0.641. The Balaban J connectivity index is 0.00000312. The van der Waals surface area contributed by atoms with E-state index in [-0.39, 0.29) is 30.3 Å². The zero-order chi connectivity index (χ0) is 17.4. The van der Waals surface area contributed by atoms with Gasteiger partial charge in [0.1, 0.15) is 0 Å². The maximum atomic E-state index is 12.4. The van der Waals surface area contributed by atoms with Crippen LogP contribution in [0.25, 0.3) is 10.9 Å². The predicted octanol–water partition coefficient (Wildman–Crippen LogP) is 0.869. The van der Waals surface area contributed by atoms with Gasteiger partial charge in [0.25, 0.3) is 5.56 Å². The van der Waals surface area contributed by atoms with E-state index >= 15 is 0 Å². The molecule has 1 heterocycles. The number of hydrogen-bond donors (Lipinski definition) is 2. The number of aryl methyl sites for hydroxylation is 2. The number of nitrogens with one attached hydrogen (secondary N) is 2. The molecule has 1 aromatic carbocycles. The highest BCUT2D eigenvalue weighted by atomic mass is 35.5. The summed E-state index contributed by atoms with van der Waals surface area (Å²) in [6.45, 7) is 4.87. The summed E-state index contributed by atoms with van der Waals surface area (Å²) in [6.07, 6.45) is 1.76. The van der Waals surface area contributed by atoms with E-state index in [9.17, 15) is 9.59 Å². The molecule has 2 rings (SSSR count). The first-order valence-electron chi connectivity index (χ1n) is 8.04. The normalized spacial score (nSPS) is 10.5. The van der Waals surface area contributed by atoms with Crippen molar-refractivity contribution in [2.24, 2.45) is 0 Å². The van der Waals surface area contributed by atoms with E-state index in [2.05, 4.69) is 15.6 Å². The number of methoxy groups -OCH3 is 1. The van der Waals surface area contributed by atoms with E-state index in [4.69, 9.17) is 4.74 Å². The molecule has 0 spiro atoms. The Hall–Kier alpha value is -1.96. The Morgan fingerprint density at radius 1 is 1.28 bits per heavy atom. The fraction of sp³-hybridized carbons (Fsp3) is 0.471. The van der Waals surface area contributed by atoms with Gasteiger partial charge in [0.2, 0.25) is 5.91 Å². The number of rotatable bonds is 9. The Kier molecular flexibility index (Phi) is 9.12. The number of carbonyl (C=O) groups excluding carboxylic acids is 1. The van der Waals surface area contributed by atoms with Gasteiger partial charge in [-0.25, -0.2) is 4.98 Å². The summed E-state index contributed by atoms with van der Waals surface area (Å²) in [5.74, 6) is -0.0835. The average Bonchev–Trinajstić information content (AvgIpc) is 2.58. The highest BCUT2D eigenvalue weighted by Gasteiger charge is 2.07. The largest absolute Gasteiger partial charge is 0.383 e. The van der Waals surface area contributed by atoms with E-state index in [1.54, 1.807) is 13.2 Å². The van der Waals surface area contributed by atoms with Gasteiger partial charge in [-0.3, -0.25) is 14.2 Å². The lowest BCUT2D eigenvalue weighted by molar-refractivity contribution is -0.121. The number of fused-ring (bicyclic) bond motifs is 1. The zero-order valence-electron chi connectivity index (χ0n) is 14.6. The molecule has 25 heavy (non-hydrogen) atoms. The van der Waals surface area contributed by atoms with Crippen LogP contribution >= 0.6 is 12.4 Å². The molecule has 0 unspecified atom stereocenters. The summed E-state index contributed by atoms with van der Waals surface area (Å²) in [5, 5.41) is 6.55. The van der Waals surface area contributed by atoms with Crippen LogP contribution in [0.3, 0.4) is 0 Å². The Morgan fingerprint density at radius 2 is 2.08 bits per heavy atom. The highest BCUT2D eigenvalue weighted by Crippen LogP contribution is 2.11. The molecule has 8 heteroatoms. The lowest BCUT2D eigenvalue weighted by Crippen LogP contribution is -2.34. The second-order valence-electron chi connectivity index (χ2n) is 5.56. The number of nitrogens with zero attached hydrogens (tertiary/aromatic N) is 2. The third-order valence-electron chi connectivity index (χ3n) is 3.74. The van der Waals surface area contributed by atoms with Crippen LogP contribution in [0.1, 0.15) is 12.0 Å². The van der Waals surface area contributed by atoms with Crippen molar-refractivity contribution >= 4 is 29.2 Å². The summed E-state index contributed by atoms with van der Waals surface area (Å²) >= 11 is 0. The van der Waals surface area contributed by atoms with Crippen molar-refractivity contribution in [1.29, 1.82) is 0 Å². The Morgan fingerprint density at radius 3 is 2.84 bits per heavy atom. The van der Waals surface area contributed by atoms with E-state index in [0.717, 1.165) is 12.1 Å². The zero-order valence-corrected chi connectivity index (χ0v) is 15.4. The number of para-hydroxylation sites is 1. The van der Waals surface area contributed by atoms with E-state index < -0.39 is 0 Å². The van der Waals surface area contributed by atoms with E-state index in [1.807, 2.05) is 19.1 Å². The van der Waals surface area contributed by atoms with Crippen molar-refractivity contribution in [3.63, 3.8) is 0 Å². The molecular weight excluding hydrogens is 344 g/mol. The third-order valence-corrected chi connectivity index (χ3v) is 3.74. The third kappa shape index (κ3) is 6.12. The molecule has 7 nitrogen and oxygen atoms in total. The van der Waals surface area contributed by atoms with Gasteiger partial charge >= 0.3 is 0 Å². The van der Waals surface area contributed by atoms with Crippen molar-refractivity contribution in [1.82, 2.24) is 20.2 Å². The number of aromatic nitrogens is 2. The minimum absolute atomic E-state index is 0. The number of amides is 1. The van der Waals surface area contributed by atoms with Gasteiger partial charge in [0, 0.05) is 39.7 Å². The minimum atomic E-state index is -0.113. The second kappa shape index (κ2) is 10.8. The fourth-order valence-electron chi connectivity index (χ4n) is 2.40. The topological polar surface area (TPSA) is 85.2 Å². The van der Waals surface area contributed by atoms with Crippen LogP contribution in [0.5, 0.6) is 0 Å². The molecule has 0 saturated heterocycles. The Bertz CT molecular complexity index is 748. The van der Waals surface area contributed by atoms with E-state index in [0.29, 0.717) is 37.1 Å². The van der Waals surface area contributed by atoms with Gasteiger partial charge in [0.05, 0.1) is 23.8 Å². The summed E-state index contributed by atoms with van der Waals surface area (Å²) in [5.41, 5.74) is 1.57. The van der Waals surface area contributed by atoms with Crippen LogP contribution in [-0.2, 0) is 16.1 Å². The molecule has 0 radical (unpaired) electrons. The van der Waals surface area contributed by atoms with Crippen LogP contribution in [0.4, 0.5) is 0 Å². The second-order valence-corrected chi connectivity index (χ2v) is 5.56. The smallest absolute Gasteiger partial charge is 0.261 e. The number of halogens is 1. The van der Waals surface area contributed by atoms with Crippen molar-refractivity contribution in [2.45, 2.75) is 19.9 Å². The predicted molar refractivity (Wildman–Crippen MR) is 100 cm³/mol. The maximum Gasteiger partial charge on any atom is 0.261 e. The number of ether oxygens (including phenoxy) is 1. The van der Waals surface area contributed by atoms with E-state index in [1.165, 1.54) is 10.9 Å². The molecule has 0 atom stereocenters. The highest BCUT2D eigenvalue weighted by molar-refractivity contribution is 5.85. The minimum Gasteiger partial charge on any atom is -0.383 e. The fourth-order valence-corrected chi connectivity index (χ4v) is 2.40. The lowest BCUT2D eigenvalue weighted by atomic mass is 10.1. The Labute approximate surface area is 153 Å². The van der Waals surface area contributed by atoms with Crippen LogP contribution < -0.4 is 16.2 Å². The molecule has 0 aliphatic heterocycles. The molecule has 0 saturated carbocycles. The summed E-state index contributed by atoms with van der Waals surface area (Å²) < 4.78 is 6.40. The molecule has 0 aliphatic rings. The summed E-state index contributed by atoms with van der Waals surface area (Å²) in [6, 6.07) is 5.53. The molecule has 2 N–H and O–H groups in total. The maximum absolute atomic E-state index is 12.4. The van der Waals surface area contributed by atoms with Gasteiger partial charge in [-0.05, 0) is 18.6 Å². The van der Waals surface area contributed by atoms with Gasteiger partial charge in [-0.1, -0.05) is 12.1 Å². The van der Waals surface area contributed by atoms with Crippen LogP contribution in [0, 0.1) is 6.92 Å². The standard InChI is InChI=1S/C17H24N4O3.ClH/c1-13-4-3-5-14-16(13)20-12-21(17(14)23)10-6-15(22)19-8-7-18-9-11-24-2;/h3-5,12,18H,6-11H2,1-2H3,(H,19,22);1H. The first-order chi connectivity index (χ1) is 11.6. The lowest BCUT2D eigenvalue weighted by Gasteiger charge is -2.09. The number of carbonyl (C=O) groups is 1. The van der Waals surface area contributed by atoms with Crippen LogP contribution in [-0.4, -0.2) is 48.8 Å². The number of benzene rings is 1. The molecule has 0 aliphatic carbocycles. The molecule has 2 aromatic rings. The van der Waals surface area contributed by atoms with Crippen molar-refractivity contribution in [3.8, 4) is 0 Å². The van der Waals surface area contributed by atoms with Gasteiger partial charge in [-0.2, -0.15) is 0 Å². The molecule has 1 amide bonds. The molecular formula is C17H25ClN4O3. The van der Waals surface area contributed by atoms with Crippen LogP contribution in [0.2, 0.25) is 0 Å². The van der Waals surface area contributed by atoms with Gasteiger partial charge < -0.3 is 15.4 Å².